The number of esters is 1. The molecule has 0 aliphatic carbocycles. The standard InChI is InChI=1S/C34H69NO2/c1-4-7-10-13-16-19-20-23-26-29-32-37-34(36)33-35(30-27-24-21-17-14-11-8-5-2)31-28-25-22-18-15-12-9-6-3/h4-33H2,1-3H3. The number of hydrogen-bond acceptors (Lipinski definition) is 3. The van der Waals surface area contributed by atoms with Gasteiger partial charge in [0.05, 0.1) is 13.2 Å². The maximum absolute atomic E-state index is 12.5. The fraction of sp³-hybridized carbons (Fsp3) is 0.971. The first kappa shape index (κ1) is 36.4. The van der Waals surface area contributed by atoms with E-state index in [-0.39, 0.29) is 5.97 Å². The minimum atomic E-state index is -0.00458. The molecule has 0 aliphatic rings. The molecule has 3 heteroatoms. The summed E-state index contributed by atoms with van der Waals surface area (Å²) >= 11 is 0. The van der Waals surface area contributed by atoms with Gasteiger partial charge in [-0.25, -0.2) is 0 Å². The highest BCUT2D eigenvalue weighted by atomic mass is 16.5. The SMILES string of the molecule is CCCCCCCCCCCCOC(=O)CN(CCCCCCCCCC)CCCCCCCCCC. The Morgan fingerprint density at radius 2 is 0.730 bits per heavy atom. The van der Waals surface area contributed by atoms with Gasteiger partial charge in [-0.15, -0.1) is 0 Å². The number of carbonyl (C=O) groups excluding carboxylic acids is 1. The predicted octanol–water partition coefficient (Wildman–Crippen LogP) is 11.0. The third-order valence-corrected chi connectivity index (χ3v) is 7.77. The van der Waals surface area contributed by atoms with E-state index in [0.29, 0.717) is 13.2 Å². The summed E-state index contributed by atoms with van der Waals surface area (Å²) in [6.07, 6.45) is 34.6. The predicted molar refractivity (Wildman–Crippen MR) is 164 cm³/mol. The second kappa shape index (κ2) is 31.6. The summed E-state index contributed by atoms with van der Waals surface area (Å²) in [7, 11) is 0. The molecule has 0 heterocycles. The molecule has 0 bridgehead atoms. The quantitative estimate of drug-likeness (QED) is 0.0668. The zero-order valence-electron chi connectivity index (χ0n) is 26.0. The van der Waals surface area contributed by atoms with E-state index in [2.05, 4.69) is 25.7 Å². The van der Waals surface area contributed by atoms with Crippen molar-refractivity contribution in [1.29, 1.82) is 0 Å². The highest BCUT2D eigenvalue weighted by Gasteiger charge is 2.11. The van der Waals surface area contributed by atoms with Gasteiger partial charge in [-0.3, -0.25) is 9.69 Å². The molecule has 0 rings (SSSR count). The third-order valence-electron chi connectivity index (χ3n) is 7.77. The lowest BCUT2D eigenvalue weighted by atomic mass is 10.1. The molecule has 0 aromatic heterocycles. The molecule has 0 N–H and O–H groups in total. The Kier molecular flexibility index (Phi) is 31.2. The molecule has 222 valence electrons. The Bertz CT molecular complexity index is 420. The van der Waals surface area contributed by atoms with Gasteiger partial charge in [0.15, 0.2) is 0 Å². The van der Waals surface area contributed by atoms with Gasteiger partial charge in [-0.05, 0) is 32.4 Å². The molecule has 0 atom stereocenters. The maximum Gasteiger partial charge on any atom is 0.320 e. The molecule has 0 saturated carbocycles. The first-order valence-electron chi connectivity index (χ1n) is 17.1. The van der Waals surface area contributed by atoms with Gasteiger partial charge in [0.25, 0.3) is 0 Å². The van der Waals surface area contributed by atoms with Crippen LogP contribution in [0.15, 0.2) is 0 Å². The first-order valence-corrected chi connectivity index (χ1v) is 17.1. The zero-order chi connectivity index (χ0) is 27.1. The summed E-state index contributed by atoms with van der Waals surface area (Å²) in [6, 6.07) is 0. The van der Waals surface area contributed by atoms with E-state index in [4.69, 9.17) is 4.74 Å². The van der Waals surface area contributed by atoms with Crippen LogP contribution in [0.3, 0.4) is 0 Å². The average Bonchev–Trinajstić information content (AvgIpc) is 2.90. The fourth-order valence-electron chi connectivity index (χ4n) is 5.21. The molecule has 0 saturated heterocycles. The first-order chi connectivity index (χ1) is 18.2. The van der Waals surface area contributed by atoms with Crippen molar-refractivity contribution in [3.8, 4) is 0 Å². The van der Waals surface area contributed by atoms with Crippen LogP contribution in [0.2, 0.25) is 0 Å². The van der Waals surface area contributed by atoms with Crippen molar-refractivity contribution < 1.29 is 9.53 Å². The molecule has 0 aliphatic heterocycles. The van der Waals surface area contributed by atoms with Gasteiger partial charge in [0.2, 0.25) is 0 Å². The normalized spacial score (nSPS) is 11.5. The van der Waals surface area contributed by atoms with Crippen LogP contribution < -0.4 is 0 Å². The van der Waals surface area contributed by atoms with E-state index >= 15 is 0 Å². The Labute approximate surface area is 234 Å². The van der Waals surface area contributed by atoms with E-state index < -0.39 is 0 Å². The minimum absolute atomic E-state index is 0.00458. The molecular weight excluding hydrogens is 454 g/mol. The van der Waals surface area contributed by atoms with E-state index in [1.54, 1.807) is 0 Å². The van der Waals surface area contributed by atoms with Gasteiger partial charge in [-0.2, -0.15) is 0 Å². The van der Waals surface area contributed by atoms with Gasteiger partial charge < -0.3 is 4.74 Å². The van der Waals surface area contributed by atoms with Crippen LogP contribution in [0.5, 0.6) is 0 Å². The molecule has 37 heavy (non-hydrogen) atoms. The third kappa shape index (κ3) is 29.8. The molecule has 0 radical (unpaired) electrons. The number of unbranched alkanes of at least 4 members (excludes halogenated alkanes) is 23. The Morgan fingerprint density at radius 3 is 1.08 bits per heavy atom. The van der Waals surface area contributed by atoms with Crippen molar-refractivity contribution in [2.24, 2.45) is 0 Å². The lowest BCUT2D eigenvalue weighted by Crippen LogP contribution is -2.33. The molecule has 0 spiro atoms. The average molecular weight is 524 g/mol. The Morgan fingerprint density at radius 1 is 0.432 bits per heavy atom. The van der Waals surface area contributed by atoms with Crippen molar-refractivity contribution in [1.82, 2.24) is 4.90 Å². The highest BCUT2D eigenvalue weighted by molar-refractivity contribution is 5.71. The number of rotatable bonds is 31. The van der Waals surface area contributed by atoms with E-state index in [1.165, 1.54) is 161 Å². The summed E-state index contributed by atoms with van der Waals surface area (Å²) in [6.45, 7) is 10.0. The van der Waals surface area contributed by atoms with Gasteiger partial charge in [-0.1, -0.05) is 168 Å². The van der Waals surface area contributed by atoms with Crippen molar-refractivity contribution in [2.75, 3.05) is 26.2 Å². The van der Waals surface area contributed by atoms with E-state index in [1.807, 2.05) is 0 Å². The van der Waals surface area contributed by atoms with Gasteiger partial charge >= 0.3 is 5.97 Å². The lowest BCUT2D eigenvalue weighted by Gasteiger charge is -2.21. The summed E-state index contributed by atoms with van der Waals surface area (Å²) in [5.74, 6) is -0.00458. The number of ether oxygens (including phenoxy) is 1. The molecule has 3 nitrogen and oxygen atoms in total. The van der Waals surface area contributed by atoms with Gasteiger partial charge in [0, 0.05) is 0 Å². The number of carbonyl (C=O) groups is 1. The van der Waals surface area contributed by atoms with Crippen molar-refractivity contribution in [2.45, 2.75) is 188 Å². The van der Waals surface area contributed by atoms with E-state index in [9.17, 15) is 4.79 Å². The van der Waals surface area contributed by atoms with E-state index in [0.717, 1.165) is 19.5 Å². The van der Waals surface area contributed by atoms with Crippen LogP contribution in [-0.4, -0.2) is 37.1 Å². The second-order valence-corrected chi connectivity index (χ2v) is 11.6. The van der Waals surface area contributed by atoms with Gasteiger partial charge in [0.1, 0.15) is 0 Å². The second-order valence-electron chi connectivity index (χ2n) is 11.6. The van der Waals surface area contributed by atoms with Crippen molar-refractivity contribution in [3.05, 3.63) is 0 Å². The Balaban J connectivity index is 3.98. The maximum atomic E-state index is 12.5. The summed E-state index contributed by atoms with van der Waals surface area (Å²) in [4.78, 5) is 14.9. The summed E-state index contributed by atoms with van der Waals surface area (Å²) in [5, 5.41) is 0. The van der Waals surface area contributed by atoms with Crippen LogP contribution in [0.4, 0.5) is 0 Å². The molecule has 0 amide bonds. The van der Waals surface area contributed by atoms with Crippen molar-refractivity contribution >= 4 is 5.97 Å². The molecule has 0 unspecified atom stereocenters. The Hall–Kier alpha value is -0.570. The topological polar surface area (TPSA) is 29.5 Å². The largest absolute Gasteiger partial charge is 0.465 e. The van der Waals surface area contributed by atoms with Crippen LogP contribution in [0, 0.1) is 0 Å². The van der Waals surface area contributed by atoms with Crippen LogP contribution in [0.25, 0.3) is 0 Å². The van der Waals surface area contributed by atoms with Crippen LogP contribution in [-0.2, 0) is 9.53 Å². The minimum Gasteiger partial charge on any atom is -0.465 e. The fourth-order valence-corrected chi connectivity index (χ4v) is 5.21. The smallest absolute Gasteiger partial charge is 0.320 e. The molecule has 0 aromatic rings. The monoisotopic (exact) mass is 524 g/mol. The van der Waals surface area contributed by atoms with Crippen LogP contribution >= 0.6 is 0 Å². The van der Waals surface area contributed by atoms with Crippen LogP contribution in [0.1, 0.15) is 188 Å². The highest BCUT2D eigenvalue weighted by Crippen LogP contribution is 2.13. The summed E-state index contributed by atoms with van der Waals surface area (Å²) < 4.78 is 5.63. The molecule has 0 aromatic carbocycles. The summed E-state index contributed by atoms with van der Waals surface area (Å²) in [5.41, 5.74) is 0. The number of nitrogens with zero attached hydrogens (tertiary/aromatic N) is 1. The lowest BCUT2D eigenvalue weighted by molar-refractivity contribution is -0.145. The van der Waals surface area contributed by atoms with Crippen molar-refractivity contribution in [3.63, 3.8) is 0 Å². The number of hydrogen-bond donors (Lipinski definition) is 0. The molecule has 0 fully saturated rings. The molecular formula is C34H69NO2. The zero-order valence-corrected chi connectivity index (χ0v) is 26.0.